The fourth-order valence-electron chi connectivity index (χ4n) is 3.57. The minimum atomic E-state index is 0.995. The normalized spacial score (nSPS) is 12.0. The minimum absolute atomic E-state index is 0.995. The molecule has 0 fully saturated rings. The molecule has 3 aromatic rings. The quantitative estimate of drug-likeness (QED) is 0.375. The van der Waals surface area contributed by atoms with Crippen molar-refractivity contribution >= 4 is 33.2 Å². The van der Waals surface area contributed by atoms with E-state index in [-0.39, 0.29) is 0 Å². The smallest absolute Gasteiger partial charge is 0.215 e. The Labute approximate surface area is 163 Å². The molecule has 0 aliphatic rings. The second-order valence-corrected chi connectivity index (χ2v) is 8.94. The zero-order valence-corrected chi connectivity index (χ0v) is 18.0. The number of anilines is 2. The van der Waals surface area contributed by atoms with Gasteiger partial charge in [-0.2, -0.15) is 4.57 Å². The van der Waals surface area contributed by atoms with Crippen LogP contribution in [-0.4, -0.2) is 60.4 Å². The topological polar surface area (TPSA) is 10.4 Å². The van der Waals surface area contributed by atoms with Crippen molar-refractivity contribution in [3.63, 3.8) is 0 Å². The number of hydrogen-bond acceptors (Lipinski definition) is 2. The Morgan fingerprint density at radius 3 is 1.63 bits per heavy atom. The van der Waals surface area contributed by atoms with Gasteiger partial charge in [-0.1, -0.05) is 0 Å². The molecular weight excluding hydrogens is 332 g/mol. The zero-order chi connectivity index (χ0) is 19.8. The highest BCUT2D eigenvalue weighted by atomic mass is 15.3. The first-order valence-electron chi connectivity index (χ1n) is 9.71. The van der Waals surface area contributed by atoms with E-state index in [1.807, 2.05) is 0 Å². The molecule has 1 heterocycles. The van der Waals surface area contributed by atoms with Crippen LogP contribution < -0.4 is 14.4 Å². The third-order valence-electron chi connectivity index (χ3n) is 5.16. The van der Waals surface area contributed by atoms with E-state index in [2.05, 4.69) is 106 Å². The average Bonchev–Trinajstić information content (AvgIpc) is 2.59. The molecule has 0 saturated carbocycles. The van der Waals surface area contributed by atoms with Crippen LogP contribution in [0.5, 0.6) is 0 Å². The Balaban J connectivity index is 2.20. The highest BCUT2D eigenvalue weighted by Gasteiger charge is 2.18. The maximum Gasteiger partial charge on any atom is 0.215 e. The van der Waals surface area contributed by atoms with Gasteiger partial charge >= 0.3 is 0 Å². The molecule has 0 aliphatic heterocycles. The van der Waals surface area contributed by atoms with E-state index in [4.69, 9.17) is 0 Å². The van der Waals surface area contributed by atoms with Gasteiger partial charge < -0.3 is 14.3 Å². The van der Waals surface area contributed by atoms with Gasteiger partial charge in [0.15, 0.2) is 6.54 Å². The van der Waals surface area contributed by atoms with Crippen LogP contribution in [0.4, 0.5) is 11.4 Å². The van der Waals surface area contributed by atoms with Crippen molar-refractivity contribution in [1.82, 2.24) is 0 Å². The molecule has 2 aromatic carbocycles. The Bertz CT molecular complexity index is 886. The van der Waals surface area contributed by atoms with Crippen molar-refractivity contribution in [2.24, 2.45) is 0 Å². The third-order valence-corrected chi connectivity index (χ3v) is 5.16. The summed E-state index contributed by atoms with van der Waals surface area (Å²) in [7, 11) is 15.2. The van der Waals surface area contributed by atoms with Gasteiger partial charge in [0.05, 0.1) is 34.1 Å². The summed E-state index contributed by atoms with van der Waals surface area (Å²) in [5, 5.41) is 2.60. The summed E-state index contributed by atoms with van der Waals surface area (Å²) in [6.45, 7) is 2.18. The number of rotatable bonds is 6. The summed E-state index contributed by atoms with van der Waals surface area (Å²) in [4.78, 5) is 4.35. The largest absolute Gasteiger partial charge is 0.377 e. The van der Waals surface area contributed by atoms with E-state index in [1.165, 1.54) is 33.2 Å². The molecular formula is C23H34N4+2. The van der Waals surface area contributed by atoms with Gasteiger partial charge in [-0.3, -0.25) is 0 Å². The van der Waals surface area contributed by atoms with E-state index in [1.54, 1.807) is 0 Å². The SMILES string of the molecule is CN(C)c1ccc2cc3ccc(N(C)C)cc3[n+](CCC[N+](C)(C)C)c2c1. The van der Waals surface area contributed by atoms with Crippen molar-refractivity contribution < 1.29 is 9.05 Å². The maximum absolute atomic E-state index is 2.51. The summed E-state index contributed by atoms with van der Waals surface area (Å²) in [6, 6.07) is 15.9. The van der Waals surface area contributed by atoms with Crippen LogP contribution in [0.15, 0.2) is 42.5 Å². The van der Waals surface area contributed by atoms with Gasteiger partial charge in [0.2, 0.25) is 11.0 Å². The first kappa shape index (κ1) is 19.4. The average molecular weight is 367 g/mol. The third kappa shape index (κ3) is 4.33. The van der Waals surface area contributed by atoms with Crippen LogP contribution in [-0.2, 0) is 6.54 Å². The number of hydrogen-bond donors (Lipinski definition) is 0. The molecule has 0 N–H and O–H groups in total. The molecule has 0 radical (unpaired) electrons. The van der Waals surface area contributed by atoms with E-state index < -0.39 is 0 Å². The van der Waals surface area contributed by atoms with E-state index in [9.17, 15) is 0 Å². The van der Waals surface area contributed by atoms with Crippen LogP contribution in [0, 0.1) is 0 Å². The number of nitrogens with zero attached hydrogens (tertiary/aromatic N) is 4. The van der Waals surface area contributed by atoms with Crippen molar-refractivity contribution in [1.29, 1.82) is 0 Å². The molecule has 4 heteroatoms. The van der Waals surface area contributed by atoms with Crippen LogP contribution in [0.1, 0.15) is 6.42 Å². The Kier molecular flexibility index (Phi) is 5.29. The van der Waals surface area contributed by atoms with Crippen LogP contribution in [0.25, 0.3) is 21.8 Å². The van der Waals surface area contributed by atoms with Gasteiger partial charge in [-0.15, -0.1) is 0 Å². The predicted molar refractivity (Wildman–Crippen MR) is 118 cm³/mol. The number of quaternary nitrogens is 1. The standard InChI is InChI=1S/C23H34N4/c1-24(2)20-11-9-18-15-19-10-12-21(25(3)4)17-23(19)26(22(18)16-20)13-8-14-27(5,6)7/h9-12,15-17H,8,13-14H2,1-7H3/q+2. The van der Waals surface area contributed by atoms with Gasteiger partial charge in [0.25, 0.3) is 0 Å². The molecule has 3 rings (SSSR count). The summed E-state index contributed by atoms with van der Waals surface area (Å²) < 4.78 is 3.51. The lowest BCUT2D eigenvalue weighted by Gasteiger charge is -2.23. The fourth-order valence-corrected chi connectivity index (χ4v) is 3.57. The lowest BCUT2D eigenvalue weighted by atomic mass is 10.1. The summed E-state index contributed by atoms with van der Waals surface area (Å²) in [6.07, 6.45) is 1.15. The Morgan fingerprint density at radius 1 is 0.741 bits per heavy atom. The van der Waals surface area contributed by atoms with Crippen LogP contribution in [0.2, 0.25) is 0 Å². The number of aryl methyl sites for hydroxylation is 1. The molecule has 1 aromatic heterocycles. The molecule has 0 amide bonds. The lowest BCUT2D eigenvalue weighted by molar-refractivity contribution is -0.872. The number of aromatic nitrogens is 1. The Hall–Kier alpha value is -2.33. The molecule has 0 saturated heterocycles. The van der Waals surface area contributed by atoms with Gasteiger partial charge in [-0.25, -0.2) is 0 Å². The summed E-state index contributed by atoms with van der Waals surface area (Å²) in [5.41, 5.74) is 5.11. The maximum atomic E-state index is 2.51. The molecule has 0 spiro atoms. The molecule has 0 unspecified atom stereocenters. The van der Waals surface area contributed by atoms with E-state index in [0.29, 0.717) is 0 Å². The van der Waals surface area contributed by atoms with E-state index in [0.717, 1.165) is 24.0 Å². The van der Waals surface area contributed by atoms with Crippen molar-refractivity contribution in [2.45, 2.75) is 13.0 Å². The van der Waals surface area contributed by atoms with Crippen LogP contribution >= 0.6 is 0 Å². The number of benzene rings is 2. The highest BCUT2D eigenvalue weighted by Crippen LogP contribution is 2.25. The van der Waals surface area contributed by atoms with Gasteiger partial charge in [0.1, 0.15) is 0 Å². The number of fused-ring (bicyclic) bond motifs is 2. The first-order chi connectivity index (χ1) is 12.7. The zero-order valence-electron chi connectivity index (χ0n) is 18.0. The second-order valence-electron chi connectivity index (χ2n) is 8.94. The highest BCUT2D eigenvalue weighted by molar-refractivity contribution is 5.91. The van der Waals surface area contributed by atoms with Crippen molar-refractivity contribution in [3.8, 4) is 0 Å². The van der Waals surface area contributed by atoms with Gasteiger partial charge in [0, 0.05) is 62.5 Å². The lowest BCUT2D eigenvalue weighted by Crippen LogP contribution is -2.41. The van der Waals surface area contributed by atoms with Crippen LogP contribution in [0.3, 0.4) is 0 Å². The monoisotopic (exact) mass is 366 g/mol. The molecule has 0 atom stereocenters. The van der Waals surface area contributed by atoms with Crippen molar-refractivity contribution in [3.05, 3.63) is 42.5 Å². The minimum Gasteiger partial charge on any atom is -0.377 e. The fraction of sp³-hybridized carbons (Fsp3) is 0.435. The first-order valence-corrected chi connectivity index (χ1v) is 9.71. The van der Waals surface area contributed by atoms with Crippen molar-refractivity contribution in [2.75, 3.05) is 65.7 Å². The molecule has 4 nitrogen and oxygen atoms in total. The molecule has 0 bridgehead atoms. The van der Waals surface area contributed by atoms with Gasteiger partial charge in [-0.05, 0) is 30.3 Å². The summed E-state index contributed by atoms with van der Waals surface area (Å²) in [5.74, 6) is 0. The summed E-state index contributed by atoms with van der Waals surface area (Å²) >= 11 is 0. The predicted octanol–water partition coefficient (Wildman–Crippen LogP) is 3.51. The molecule has 144 valence electrons. The Morgan fingerprint density at radius 2 is 1.22 bits per heavy atom. The number of pyridine rings is 1. The second kappa shape index (κ2) is 7.35. The molecule has 0 aliphatic carbocycles. The molecule has 27 heavy (non-hydrogen) atoms. The van der Waals surface area contributed by atoms with E-state index >= 15 is 0 Å².